The predicted molar refractivity (Wildman–Crippen MR) is 329 cm³/mol. The lowest BCUT2D eigenvalue weighted by molar-refractivity contribution is -0.167. The van der Waals surface area contributed by atoms with E-state index in [2.05, 4.69) is 167 Å². The maximum Gasteiger partial charge on any atom is 0.306 e. The molecule has 0 amide bonds. The lowest BCUT2D eigenvalue weighted by atomic mass is 10.1. The first-order chi connectivity index (χ1) is 37.5. The molecular weight excluding hydrogens is 937 g/mol. The first-order valence-corrected chi connectivity index (χ1v) is 30.8. The molecule has 0 aliphatic rings. The van der Waals surface area contributed by atoms with Gasteiger partial charge in [0.2, 0.25) is 0 Å². The number of hydrogen-bond acceptors (Lipinski definition) is 6. The molecule has 0 aromatic heterocycles. The molecule has 1 unspecified atom stereocenters. The van der Waals surface area contributed by atoms with E-state index in [0.29, 0.717) is 12.8 Å². The van der Waals surface area contributed by atoms with E-state index in [1.54, 1.807) is 0 Å². The second-order valence-corrected chi connectivity index (χ2v) is 19.8. The van der Waals surface area contributed by atoms with Crippen LogP contribution in [0, 0.1) is 0 Å². The Kier molecular flexibility index (Phi) is 58.9. The van der Waals surface area contributed by atoms with Gasteiger partial charge in [-0.3, -0.25) is 14.4 Å². The smallest absolute Gasteiger partial charge is 0.306 e. The molecule has 0 fully saturated rings. The molecule has 0 N–H and O–H groups in total. The number of esters is 3. The molecule has 1 atom stereocenters. The highest BCUT2D eigenvalue weighted by Crippen LogP contribution is 2.14. The summed E-state index contributed by atoms with van der Waals surface area (Å²) < 4.78 is 16.8. The Morgan fingerprint density at radius 1 is 0.276 bits per heavy atom. The highest BCUT2D eigenvalue weighted by molar-refractivity contribution is 5.71. The van der Waals surface area contributed by atoms with E-state index in [9.17, 15) is 14.4 Å². The van der Waals surface area contributed by atoms with Crippen LogP contribution >= 0.6 is 0 Å². The van der Waals surface area contributed by atoms with Gasteiger partial charge in [-0.2, -0.15) is 0 Å². The summed E-state index contributed by atoms with van der Waals surface area (Å²) in [6, 6.07) is 0. The Hall–Kier alpha value is -4.71. The minimum atomic E-state index is -0.804. The maximum absolute atomic E-state index is 12.9. The second-order valence-electron chi connectivity index (χ2n) is 19.8. The number of carbonyl (C=O) groups is 3. The van der Waals surface area contributed by atoms with Crippen LogP contribution in [0.1, 0.15) is 258 Å². The first kappa shape index (κ1) is 71.3. The maximum atomic E-state index is 12.9. The van der Waals surface area contributed by atoms with Crippen LogP contribution in [0.5, 0.6) is 0 Å². The summed E-state index contributed by atoms with van der Waals surface area (Å²) in [5.41, 5.74) is 0. The normalized spacial score (nSPS) is 13.1. The van der Waals surface area contributed by atoms with Crippen molar-refractivity contribution in [2.24, 2.45) is 0 Å². The molecule has 0 heterocycles. The van der Waals surface area contributed by atoms with Crippen molar-refractivity contribution in [3.8, 4) is 0 Å². The van der Waals surface area contributed by atoms with E-state index in [0.717, 1.165) is 167 Å². The average Bonchev–Trinajstić information content (AvgIpc) is 3.42. The summed E-state index contributed by atoms with van der Waals surface area (Å²) in [4.78, 5) is 38.2. The Labute approximate surface area is 467 Å². The van der Waals surface area contributed by atoms with Gasteiger partial charge in [0, 0.05) is 19.3 Å². The van der Waals surface area contributed by atoms with E-state index < -0.39 is 6.10 Å². The zero-order valence-corrected chi connectivity index (χ0v) is 49.0. The molecule has 6 heteroatoms. The van der Waals surface area contributed by atoms with Crippen LogP contribution in [-0.2, 0) is 28.6 Å². The Bertz CT molecular complexity index is 1680. The SMILES string of the molecule is CC/C=C\C/C=C\C/C=C\C/C=C\C/C=C\C/C=C\CCCCCCC(=O)OC(COC(=O)CCCCCCC/C=C\CCC)COC(=O)CCCCCCCCCCC/C=C\C/C=C\C/C=C\C/C=C\C/C=C\CC. The molecule has 0 aliphatic heterocycles. The molecule has 76 heavy (non-hydrogen) atoms. The van der Waals surface area contributed by atoms with Crippen molar-refractivity contribution in [3.63, 3.8) is 0 Å². The highest BCUT2D eigenvalue weighted by Gasteiger charge is 2.19. The van der Waals surface area contributed by atoms with Crippen molar-refractivity contribution >= 4 is 17.9 Å². The van der Waals surface area contributed by atoms with Crippen LogP contribution in [0.2, 0.25) is 0 Å². The zero-order chi connectivity index (χ0) is 55.0. The van der Waals surface area contributed by atoms with Crippen molar-refractivity contribution in [3.05, 3.63) is 146 Å². The summed E-state index contributed by atoms with van der Waals surface area (Å²) in [5, 5.41) is 0. The van der Waals surface area contributed by atoms with Crippen molar-refractivity contribution < 1.29 is 28.6 Å². The topological polar surface area (TPSA) is 78.9 Å². The third-order valence-corrected chi connectivity index (χ3v) is 12.5. The molecule has 428 valence electrons. The minimum Gasteiger partial charge on any atom is -0.462 e. The van der Waals surface area contributed by atoms with Gasteiger partial charge >= 0.3 is 17.9 Å². The summed E-state index contributed by atoms with van der Waals surface area (Å²) in [6.07, 6.45) is 89.9. The molecule has 0 saturated heterocycles. The molecule has 0 saturated carbocycles. The Morgan fingerprint density at radius 3 is 0.816 bits per heavy atom. The molecule has 0 aliphatic carbocycles. The fourth-order valence-electron chi connectivity index (χ4n) is 8.00. The van der Waals surface area contributed by atoms with E-state index in [1.807, 2.05) is 0 Å². The fourth-order valence-corrected chi connectivity index (χ4v) is 8.00. The molecule has 0 radical (unpaired) electrons. The predicted octanol–water partition coefficient (Wildman–Crippen LogP) is 21.2. The van der Waals surface area contributed by atoms with Crippen LogP contribution in [0.3, 0.4) is 0 Å². The standard InChI is InChI=1S/C70H112O6/c1-4-7-10-13-16-19-22-24-26-28-30-32-34-35-37-38-40-42-44-46-48-51-54-57-60-63-69(72)75-66-67(65-74-68(71)62-59-56-53-50-21-18-15-12-9-6-3)76-70(73)64-61-58-55-52-49-47-45-43-41-39-36-33-31-29-27-25-23-20-17-14-11-8-5-2/h7-8,10-12,15-17,19-20,24-27,30-33,35,37,39,41,45,47,67H,4-6,9,13-14,18,21-23,28-29,34,36,38,40,42-44,46,48-66H2,1-3H3/b10-7-,11-8-,15-12-,19-16-,20-17-,26-24-,27-25-,32-30-,33-31-,37-35-,41-39-,47-45-. The van der Waals surface area contributed by atoms with Crippen LogP contribution in [0.25, 0.3) is 0 Å². The summed E-state index contributed by atoms with van der Waals surface area (Å²) in [5.74, 6) is -0.945. The largest absolute Gasteiger partial charge is 0.462 e. The van der Waals surface area contributed by atoms with Gasteiger partial charge in [-0.05, 0) is 135 Å². The third kappa shape index (κ3) is 60.2. The van der Waals surface area contributed by atoms with Gasteiger partial charge in [-0.1, -0.05) is 250 Å². The van der Waals surface area contributed by atoms with Gasteiger partial charge in [0.15, 0.2) is 6.10 Å². The van der Waals surface area contributed by atoms with Crippen molar-refractivity contribution in [2.75, 3.05) is 13.2 Å². The molecule has 0 aromatic rings. The monoisotopic (exact) mass is 1050 g/mol. The molecule has 6 nitrogen and oxygen atoms in total. The number of ether oxygens (including phenoxy) is 3. The zero-order valence-electron chi connectivity index (χ0n) is 49.0. The summed E-state index contributed by atoms with van der Waals surface area (Å²) >= 11 is 0. The molecule has 0 rings (SSSR count). The number of hydrogen-bond donors (Lipinski definition) is 0. The van der Waals surface area contributed by atoms with Gasteiger partial charge < -0.3 is 14.2 Å². The molecule has 0 aromatic carbocycles. The number of rotatable bonds is 54. The van der Waals surface area contributed by atoms with Gasteiger partial charge in [0.05, 0.1) is 0 Å². The quantitative estimate of drug-likeness (QED) is 0.0261. The Balaban J connectivity index is 4.37. The van der Waals surface area contributed by atoms with Gasteiger partial charge in [0.1, 0.15) is 13.2 Å². The van der Waals surface area contributed by atoms with Crippen LogP contribution in [-0.4, -0.2) is 37.2 Å². The van der Waals surface area contributed by atoms with Gasteiger partial charge in [-0.15, -0.1) is 0 Å². The molecular formula is C70H112O6. The summed E-state index contributed by atoms with van der Waals surface area (Å²) in [7, 11) is 0. The second kappa shape index (κ2) is 62.8. The van der Waals surface area contributed by atoms with E-state index in [-0.39, 0.29) is 37.5 Å². The summed E-state index contributed by atoms with van der Waals surface area (Å²) in [6.45, 7) is 6.31. The molecule has 0 bridgehead atoms. The van der Waals surface area contributed by atoms with E-state index >= 15 is 0 Å². The lowest BCUT2D eigenvalue weighted by Gasteiger charge is -2.18. The Morgan fingerprint density at radius 2 is 0.513 bits per heavy atom. The van der Waals surface area contributed by atoms with Crippen LogP contribution in [0.15, 0.2) is 146 Å². The minimum absolute atomic E-state index is 0.0996. The molecule has 0 spiro atoms. The van der Waals surface area contributed by atoms with Crippen LogP contribution in [0.4, 0.5) is 0 Å². The van der Waals surface area contributed by atoms with Gasteiger partial charge in [-0.25, -0.2) is 0 Å². The third-order valence-electron chi connectivity index (χ3n) is 12.5. The van der Waals surface area contributed by atoms with E-state index in [4.69, 9.17) is 14.2 Å². The first-order valence-electron chi connectivity index (χ1n) is 30.8. The number of unbranched alkanes of at least 4 members (excludes halogenated alkanes) is 19. The highest BCUT2D eigenvalue weighted by atomic mass is 16.6. The van der Waals surface area contributed by atoms with Crippen molar-refractivity contribution in [1.82, 2.24) is 0 Å². The van der Waals surface area contributed by atoms with Gasteiger partial charge in [0.25, 0.3) is 0 Å². The fraction of sp³-hybridized carbons (Fsp3) is 0.614. The number of allylic oxidation sites excluding steroid dienone is 24. The van der Waals surface area contributed by atoms with Crippen molar-refractivity contribution in [1.29, 1.82) is 0 Å². The van der Waals surface area contributed by atoms with E-state index in [1.165, 1.54) is 51.4 Å². The average molecular weight is 1050 g/mol. The van der Waals surface area contributed by atoms with Crippen molar-refractivity contribution in [2.45, 2.75) is 264 Å². The van der Waals surface area contributed by atoms with Crippen LogP contribution < -0.4 is 0 Å². The lowest BCUT2D eigenvalue weighted by Crippen LogP contribution is -2.30. The number of carbonyl (C=O) groups excluding carboxylic acids is 3.